The molecule has 1 saturated heterocycles. The summed E-state index contributed by atoms with van der Waals surface area (Å²) in [6.45, 7) is 0.541. The van der Waals surface area contributed by atoms with E-state index in [1.54, 1.807) is 17.0 Å². The fourth-order valence-corrected chi connectivity index (χ4v) is 3.50. The van der Waals surface area contributed by atoms with Crippen LogP contribution in [0.2, 0.25) is 0 Å². The maximum atomic E-state index is 12.7. The topological polar surface area (TPSA) is 119 Å². The van der Waals surface area contributed by atoms with E-state index in [4.69, 9.17) is 0 Å². The van der Waals surface area contributed by atoms with E-state index in [-0.39, 0.29) is 41.5 Å². The van der Waals surface area contributed by atoms with Crippen LogP contribution in [0.1, 0.15) is 31.1 Å². The van der Waals surface area contributed by atoms with E-state index in [1.165, 1.54) is 18.2 Å². The lowest BCUT2D eigenvalue weighted by molar-refractivity contribution is 0.0344. The summed E-state index contributed by atoms with van der Waals surface area (Å²) in [6.07, 6.45) is 0.475. The zero-order chi connectivity index (χ0) is 19.2. The smallest absolute Gasteiger partial charge is 0.423 e. The average molecular weight is 365 g/mol. The third-order valence-corrected chi connectivity index (χ3v) is 4.85. The first kappa shape index (κ1) is 17.3. The van der Waals surface area contributed by atoms with Gasteiger partial charge in [0, 0.05) is 16.8 Å². The first-order valence-electron chi connectivity index (χ1n) is 8.37. The number of benzene rings is 2. The predicted molar refractivity (Wildman–Crippen MR) is 97.8 cm³/mol. The molecular formula is C18H16BN3O5. The predicted octanol–water partition coefficient (Wildman–Crippen LogP) is -0.814. The van der Waals surface area contributed by atoms with Gasteiger partial charge in [-0.05, 0) is 29.7 Å². The third-order valence-electron chi connectivity index (χ3n) is 4.85. The normalized spacial score (nSPS) is 16.7. The molecule has 4 rings (SSSR count). The number of nitrogens with one attached hydrogen (secondary N) is 2. The van der Waals surface area contributed by atoms with Crippen LogP contribution in [0.15, 0.2) is 42.5 Å². The second kappa shape index (κ2) is 6.22. The number of hydrogen-bond acceptors (Lipinski definition) is 6. The van der Waals surface area contributed by atoms with Gasteiger partial charge in [-0.3, -0.25) is 14.4 Å². The van der Waals surface area contributed by atoms with Crippen LogP contribution in [0.4, 0.5) is 5.69 Å². The van der Waals surface area contributed by atoms with Crippen LogP contribution in [-0.4, -0.2) is 58.9 Å². The second-order valence-electron chi connectivity index (χ2n) is 6.70. The largest absolute Gasteiger partial charge is 0.489 e. The van der Waals surface area contributed by atoms with Gasteiger partial charge in [0.15, 0.2) is 0 Å². The van der Waals surface area contributed by atoms with Gasteiger partial charge in [-0.1, -0.05) is 18.2 Å². The molecule has 1 fully saturated rings. The van der Waals surface area contributed by atoms with Crippen LogP contribution in [0.25, 0.3) is 0 Å². The van der Waals surface area contributed by atoms with Crippen LogP contribution in [0.3, 0.4) is 0 Å². The first-order chi connectivity index (χ1) is 12.9. The number of fused-ring (bicyclic) bond motifs is 1. The van der Waals surface area contributed by atoms with Crippen molar-refractivity contribution in [3.8, 4) is 0 Å². The first-order valence-corrected chi connectivity index (χ1v) is 8.37. The molecule has 9 heteroatoms. The Labute approximate surface area is 154 Å². The number of carbonyl (C=O) groups is 3. The van der Waals surface area contributed by atoms with E-state index in [9.17, 15) is 24.4 Å². The molecule has 2 aliphatic heterocycles. The number of hydrogen-bond donors (Lipinski definition) is 4. The van der Waals surface area contributed by atoms with Crippen molar-refractivity contribution in [3.63, 3.8) is 0 Å². The van der Waals surface area contributed by atoms with E-state index < -0.39 is 12.8 Å². The highest BCUT2D eigenvalue weighted by atomic mass is 16.4. The van der Waals surface area contributed by atoms with Crippen LogP contribution < -0.4 is 16.1 Å². The molecule has 0 atom stereocenters. The van der Waals surface area contributed by atoms with Crippen LogP contribution in [0, 0.1) is 0 Å². The number of likely N-dealkylation sites (tertiary alicyclic amines) is 1. The van der Waals surface area contributed by atoms with Crippen LogP contribution in [-0.2, 0) is 0 Å². The lowest BCUT2D eigenvalue weighted by Gasteiger charge is -2.52. The minimum atomic E-state index is -1.79. The van der Waals surface area contributed by atoms with Crippen molar-refractivity contribution in [1.82, 2.24) is 10.2 Å². The van der Waals surface area contributed by atoms with Gasteiger partial charge >= 0.3 is 7.12 Å². The molecule has 0 aliphatic carbocycles. The zero-order valence-electron chi connectivity index (χ0n) is 14.2. The Morgan fingerprint density at radius 1 is 1.15 bits per heavy atom. The minimum absolute atomic E-state index is 0.0412. The zero-order valence-corrected chi connectivity index (χ0v) is 14.2. The fraction of sp³-hybridized carbons (Fsp3) is 0.167. The summed E-state index contributed by atoms with van der Waals surface area (Å²) in [5.74, 6) is -0.501. The summed E-state index contributed by atoms with van der Waals surface area (Å²) < 4.78 is 0. The Bertz CT molecular complexity index is 956. The van der Waals surface area contributed by atoms with Gasteiger partial charge in [0.2, 0.25) is 0 Å². The van der Waals surface area contributed by atoms with Gasteiger partial charge < -0.3 is 25.6 Å². The third kappa shape index (κ3) is 2.86. The maximum absolute atomic E-state index is 12.7. The number of amides is 2. The molecule has 1 spiro atoms. The molecule has 2 heterocycles. The number of aldehydes is 1. The lowest BCUT2D eigenvalue weighted by atomic mass is 9.76. The highest BCUT2D eigenvalue weighted by molar-refractivity contribution is 6.60. The molecule has 2 aromatic rings. The molecular weight excluding hydrogens is 349 g/mol. The van der Waals surface area contributed by atoms with Crippen molar-refractivity contribution in [2.75, 3.05) is 18.4 Å². The monoisotopic (exact) mass is 365 g/mol. The molecule has 2 aromatic carbocycles. The Hall–Kier alpha value is -3.17. The molecule has 4 N–H and O–H groups in total. The van der Waals surface area contributed by atoms with E-state index in [0.29, 0.717) is 11.8 Å². The van der Waals surface area contributed by atoms with E-state index >= 15 is 0 Å². The molecule has 8 nitrogen and oxygen atoms in total. The van der Waals surface area contributed by atoms with Crippen molar-refractivity contribution in [3.05, 3.63) is 59.2 Å². The summed E-state index contributed by atoms with van der Waals surface area (Å²) in [6, 6.07) is 11.3. The summed E-state index contributed by atoms with van der Waals surface area (Å²) >= 11 is 0. The molecule has 2 aliphatic rings. The second-order valence-corrected chi connectivity index (χ2v) is 6.70. The van der Waals surface area contributed by atoms with Gasteiger partial charge in [-0.2, -0.15) is 0 Å². The Balaban J connectivity index is 1.51. The van der Waals surface area contributed by atoms with E-state index in [2.05, 4.69) is 10.6 Å². The maximum Gasteiger partial charge on any atom is 0.489 e. The lowest BCUT2D eigenvalue weighted by Crippen LogP contribution is -2.76. The molecule has 0 bridgehead atoms. The molecule has 2 amide bonds. The van der Waals surface area contributed by atoms with Crippen molar-refractivity contribution in [2.24, 2.45) is 0 Å². The highest BCUT2D eigenvalue weighted by Gasteiger charge is 2.49. The van der Waals surface area contributed by atoms with Crippen molar-refractivity contribution in [2.45, 2.75) is 5.66 Å². The Morgan fingerprint density at radius 2 is 1.89 bits per heavy atom. The number of rotatable bonds is 3. The van der Waals surface area contributed by atoms with Crippen molar-refractivity contribution >= 4 is 36.4 Å². The number of para-hydroxylation sites is 1. The van der Waals surface area contributed by atoms with Crippen LogP contribution >= 0.6 is 0 Å². The van der Waals surface area contributed by atoms with E-state index in [1.807, 2.05) is 12.1 Å². The summed E-state index contributed by atoms with van der Waals surface area (Å²) in [7, 11) is -1.79. The van der Waals surface area contributed by atoms with Crippen molar-refractivity contribution < 1.29 is 24.4 Å². The standard InChI is InChI=1S/C18H16BN3O5/c23-8-12-7-11(5-6-14(12)19(26)27)17(25)22-9-18(10-22)20-15-4-2-1-3-13(15)16(24)21-18/h1-8,20,26-27H,9-10H2,(H,21,24). The van der Waals surface area contributed by atoms with Crippen LogP contribution in [0.5, 0.6) is 0 Å². The van der Waals surface area contributed by atoms with Gasteiger partial charge in [0.1, 0.15) is 11.9 Å². The van der Waals surface area contributed by atoms with Gasteiger partial charge in [-0.25, -0.2) is 0 Å². The summed E-state index contributed by atoms with van der Waals surface area (Å²) in [5.41, 5.74) is 0.914. The highest BCUT2D eigenvalue weighted by Crippen LogP contribution is 2.31. The Morgan fingerprint density at radius 3 is 2.59 bits per heavy atom. The van der Waals surface area contributed by atoms with Gasteiger partial charge in [0.05, 0.1) is 18.7 Å². The molecule has 136 valence electrons. The number of nitrogens with zero attached hydrogens (tertiary/aromatic N) is 1. The Kier molecular flexibility index (Phi) is 3.98. The van der Waals surface area contributed by atoms with E-state index in [0.717, 1.165) is 5.69 Å². The van der Waals surface area contributed by atoms with Crippen molar-refractivity contribution in [1.29, 1.82) is 0 Å². The molecule has 0 aromatic heterocycles. The quantitative estimate of drug-likeness (QED) is 0.417. The molecule has 0 radical (unpaired) electrons. The number of carbonyl (C=O) groups excluding carboxylic acids is 3. The molecule has 0 saturated carbocycles. The van der Waals surface area contributed by atoms with Gasteiger partial charge in [0.25, 0.3) is 11.8 Å². The average Bonchev–Trinajstić information content (AvgIpc) is 2.64. The molecule has 0 unspecified atom stereocenters. The summed E-state index contributed by atoms with van der Waals surface area (Å²) in [4.78, 5) is 37.7. The van der Waals surface area contributed by atoms with Gasteiger partial charge in [-0.15, -0.1) is 0 Å². The SMILES string of the molecule is O=Cc1cc(C(=O)N2CC3(C2)NC(=O)c2ccccc2N3)ccc1B(O)O. The number of anilines is 1. The molecule has 27 heavy (non-hydrogen) atoms. The minimum Gasteiger partial charge on any atom is -0.423 e. The fourth-order valence-electron chi connectivity index (χ4n) is 3.50. The summed E-state index contributed by atoms with van der Waals surface area (Å²) in [5, 5.41) is 24.7.